The minimum atomic E-state index is -0.849. The Morgan fingerprint density at radius 1 is 1.08 bits per heavy atom. The van der Waals surface area contributed by atoms with E-state index in [1.807, 2.05) is 19.1 Å². The van der Waals surface area contributed by atoms with Gasteiger partial charge < -0.3 is 23.7 Å². The maximum Gasteiger partial charge on any atom is 0.519 e. The first-order valence-electron chi connectivity index (χ1n) is 8.68. The molecule has 1 heterocycles. The molecule has 2 aromatic rings. The Kier molecular flexibility index (Phi) is 5.63. The number of benzene rings is 2. The van der Waals surface area contributed by atoms with Crippen molar-refractivity contribution in [2.75, 3.05) is 6.61 Å². The lowest BCUT2D eigenvalue weighted by molar-refractivity contribution is -0.173. The van der Waals surface area contributed by atoms with Crippen LogP contribution in [0.4, 0.5) is 4.79 Å². The summed E-state index contributed by atoms with van der Waals surface area (Å²) < 4.78 is 26.7. The SMILES string of the molecule is CCOC1Oc2cccc(OC(=O)Oc3ccc(C(C)CC)cc3)c2O1. The van der Waals surface area contributed by atoms with Gasteiger partial charge in [-0.05, 0) is 49.1 Å². The third kappa shape index (κ3) is 4.08. The molecule has 3 rings (SSSR count). The number of carbonyl (C=O) groups excluding carboxylic acids is 1. The van der Waals surface area contributed by atoms with Crippen molar-refractivity contribution in [1.82, 2.24) is 0 Å². The third-order valence-corrected chi connectivity index (χ3v) is 4.14. The van der Waals surface area contributed by atoms with Gasteiger partial charge in [-0.3, -0.25) is 0 Å². The quantitative estimate of drug-likeness (QED) is 0.542. The van der Waals surface area contributed by atoms with Crippen molar-refractivity contribution in [3.8, 4) is 23.0 Å². The molecule has 0 spiro atoms. The molecular weight excluding hydrogens is 336 g/mol. The van der Waals surface area contributed by atoms with E-state index in [2.05, 4.69) is 13.8 Å². The second kappa shape index (κ2) is 8.10. The topological polar surface area (TPSA) is 63.2 Å². The second-order valence-corrected chi connectivity index (χ2v) is 5.90. The van der Waals surface area contributed by atoms with E-state index in [1.165, 1.54) is 5.56 Å². The van der Waals surface area contributed by atoms with Crippen LogP contribution in [0.15, 0.2) is 42.5 Å². The minimum absolute atomic E-state index is 0.214. The van der Waals surface area contributed by atoms with Crippen LogP contribution in [0.25, 0.3) is 0 Å². The molecule has 2 aromatic carbocycles. The fourth-order valence-electron chi connectivity index (χ4n) is 2.52. The highest BCUT2D eigenvalue weighted by molar-refractivity contribution is 5.69. The monoisotopic (exact) mass is 358 g/mol. The lowest BCUT2D eigenvalue weighted by atomic mass is 9.99. The van der Waals surface area contributed by atoms with Gasteiger partial charge in [0.15, 0.2) is 11.5 Å². The molecule has 0 bridgehead atoms. The first-order chi connectivity index (χ1) is 12.6. The number of hydrogen-bond acceptors (Lipinski definition) is 6. The average Bonchev–Trinajstić information content (AvgIpc) is 3.05. The van der Waals surface area contributed by atoms with Crippen LogP contribution in [0.2, 0.25) is 0 Å². The molecular formula is C20H22O6. The number of fused-ring (bicyclic) bond motifs is 1. The highest BCUT2D eigenvalue weighted by Crippen LogP contribution is 2.42. The van der Waals surface area contributed by atoms with Gasteiger partial charge in [0.05, 0.1) is 6.61 Å². The zero-order chi connectivity index (χ0) is 18.5. The summed E-state index contributed by atoms with van der Waals surface area (Å²) in [7, 11) is 0. The molecule has 0 radical (unpaired) electrons. The Balaban J connectivity index is 1.64. The molecule has 0 saturated heterocycles. The molecule has 0 saturated carbocycles. The normalized spacial score (nSPS) is 16.2. The van der Waals surface area contributed by atoms with Crippen molar-refractivity contribution in [2.24, 2.45) is 0 Å². The number of rotatable bonds is 6. The number of hydrogen-bond donors (Lipinski definition) is 0. The summed E-state index contributed by atoms with van der Waals surface area (Å²) >= 11 is 0. The van der Waals surface area contributed by atoms with Crippen LogP contribution in [0.3, 0.4) is 0 Å². The molecule has 1 aliphatic rings. The van der Waals surface area contributed by atoms with E-state index in [4.69, 9.17) is 23.7 Å². The van der Waals surface area contributed by atoms with Crippen LogP contribution in [-0.2, 0) is 4.74 Å². The van der Waals surface area contributed by atoms with Crippen molar-refractivity contribution in [2.45, 2.75) is 39.6 Å². The zero-order valence-corrected chi connectivity index (χ0v) is 15.1. The van der Waals surface area contributed by atoms with Gasteiger partial charge >= 0.3 is 12.6 Å². The smallest absolute Gasteiger partial charge is 0.428 e. The van der Waals surface area contributed by atoms with E-state index in [9.17, 15) is 4.79 Å². The molecule has 0 N–H and O–H groups in total. The predicted molar refractivity (Wildman–Crippen MR) is 94.9 cm³/mol. The summed E-state index contributed by atoms with van der Waals surface area (Å²) in [4.78, 5) is 12.1. The van der Waals surface area contributed by atoms with Crippen molar-refractivity contribution < 1.29 is 28.5 Å². The molecule has 0 aliphatic carbocycles. The molecule has 26 heavy (non-hydrogen) atoms. The van der Waals surface area contributed by atoms with Gasteiger partial charge in [-0.2, -0.15) is 0 Å². The summed E-state index contributed by atoms with van der Waals surface area (Å²) in [6.07, 6.45) is 0.199. The van der Waals surface area contributed by atoms with E-state index in [0.29, 0.717) is 29.8 Å². The highest BCUT2D eigenvalue weighted by Gasteiger charge is 2.29. The van der Waals surface area contributed by atoms with Crippen LogP contribution in [-0.4, -0.2) is 19.2 Å². The summed E-state index contributed by atoms with van der Waals surface area (Å²) in [5, 5.41) is 0. The summed E-state index contributed by atoms with van der Waals surface area (Å²) in [6, 6.07) is 12.4. The molecule has 6 nitrogen and oxygen atoms in total. The Hall–Kier alpha value is -2.73. The van der Waals surface area contributed by atoms with Crippen molar-refractivity contribution in [3.05, 3.63) is 48.0 Å². The number of carbonyl (C=O) groups is 1. The lowest BCUT2D eigenvalue weighted by Crippen LogP contribution is -2.22. The summed E-state index contributed by atoms with van der Waals surface area (Å²) in [6.45, 7) is 5.70. The molecule has 1 aliphatic heterocycles. The van der Waals surface area contributed by atoms with Crippen LogP contribution in [0.1, 0.15) is 38.7 Å². The van der Waals surface area contributed by atoms with Crippen LogP contribution >= 0.6 is 0 Å². The van der Waals surface area contributed by atoms with Crippen molar-refractivity contribution >= 4 is 6.16 Å². The largest absolute Gasteiger partial charge is 0.519 e. The molecule has 2 unspecified atom stereocenters. The fourth-order valence-corrected chi connectivity index (χ4v) is 2.52. The molecule has 2 atom stereocenters. The Morgan fingerprint density at radius 2 is 1.85 bits per heavy atom. The minimum Gasteiger partial charge on any atom is -0.428 e. The van der Waals surface area contributed by atoms with Gasteiger partial charge in [0, 0.05) is 0 Å². The van der Waals surface area contributed by atoms with Crippen LogP contribution in [0.5, 0.6) is 23.0 Å². The maximum absolute atomic E-state index is 12.1. The van der Waals surface area contributed by atoms with Crippen LogP contribution < -0.4 is 18.9 Å². The molecule has 0 fully saturated rings. The van der Waals surface area contributed by atoms with Gasteiger partial charge in [0.25, 0.3) is 0 Å². The van der Waals surface area contributed by atoms with Gasteiger partial charge in [0.1, 0.15) is 5.75 Å². The average molecular weight is 358 g/mol. The fraction of sp³-hybridized carbons (Fsp3) is 0.350. The standard InChI is InChI=1S/C20H22O6/c1-4-13(3)14-9-11-15(12-10-14)23-19(21)24-16-7-6-8-17-18(16)26-20(25-17)22-5-2/h6-13,20H,4-5H2,1-3H3. The molecule has 138 valence electrons. The Bertz CT molecular complexity index is 755. The molecule has 6 heteroatoms. The van der Waals surface area contributed by atoms with Gasteiger partial charge in [-0.1, -0.05) is 32.0 Å². The number of ether oxygens (including phenoxy) is 5. The summed E-state index contributed by atoms with van der Waals surface area (Å²) in [5.41, 5.74) is 1.20. The van der Waals surface area contributed by atoms with Gasteiger partial charge in [-0.15, -0.1) is 0 Å². The maximum atomic E-state index is 12.1. The van der Waals surface area contributed by atoms with E-state index in [1.54, 1.807) is 30.3 Å². The van der Waals surface area contributed by atoms with Crippen LogP contribution in [0, 0.1) is 0 Å². The lowest BCUT2D eigenvalue weighted by Gasteiger charge is -2.11. The molecule has 0 aromatic heterocycles. The highest BCUT2D eigenvalue weighted by atomic mass is 16.9. The third-order valence-electron chi connectivity index (χ3n) is 4.14. The molecule has 0 amide bonds. The summed E-state index contributed by atoms with van der Waals surface area (Å²) in [5.74, 6) is 1.85. The van der Waals surface area contributed by atoms with Gasteiger partial charge in [-0.25, -0.2) is 4.79 Å². The Labute approximate surface area is 152 Å². The van der Waals surface area contributed by atoms with E-state index < -0.39 is 12.6 Å². The van der Waals surface area contributed by atoms with E-state index in [0.717, 1.165) is 6.42 Å². The van der Waals surface area contributed by atoms with Crippen molar-refractivity contribution in [1.29, 1.82) is 0 Å². The van der Waals surface area contributed by atoms with Crippen molar-refractivity contribution in [3.63, 3.8) is 0 Å². The van der Waals surface area contributed by atoms with E-state index in [-0.39, 0.29) is 5.75 Å². The number of para-hydroxylation sites is 1. The second-order valence-electron chi connectivity index (χ2n) is 5.90. The van der Waals surface area contributed by atoms with E-state index >= 15 is 0 Å². The first kappa shape index (κ1) is 18.1. The predicted octanol–water partition coefficient (Wildman–Crippen LogP) is 4.87. The Morgan fingerprint density at radius 3 is 2.54 bits per heavy atom. The zero-order valence-electron chi connectivity index (χ0n) is 15.1. The first-order valence-corrected chi connectivity index (χ1v) is 8.68. The van der Waals surface area contributed by atoms with Gasteiger partial charge in [0.2, 0.25) is 5.75 Å².